The average Bonchev–Trinajstić information content (AvgIpc) is 2.14. The molecule has 0 atom stereocenters. The molecule has 3 heteroatoms. The van der Waals surface area contributed by atoms with Crippen LogP contribution in [-0.4, -0.2) is 32.2 Å². The Hall–Kier alpha value is -0.0151. The summed E-state index contributed by atoms with van der Waals surface area (Å²) in [7, 11) is 3.93. The van der Waals surface area contributed by atoms with Crippen LogP contribution in [0.2, 0.25) is 13.1 Å². The van der Waals surface area contributed by atoms with E-state index in [1.54, 1.807) is 7.11 Å². The Bertz CT molecular complexity index is 167. The molecule has 0 aliphatic carbocycles. The highest BCUT2D eigenvalue weighted by Gasteiger charge is 2.21. The van der Waals surface area contributed by atoms with E-state index in [2.05, 4.69) is 41.8 Å². The Morgan fingerprint density at radius 2 is 1.60 bits per heavy atom. The minimum atomic E-state index is -0.0764. The van der Waals surface area contributed by atoms with E-state index in [-0.39, 0.29) is 11.2 Å². The van der Waals surface area contributed by atoms with Gasteiger partial charge in [-0.1, -0.05) is 13.1 Å². The molecule has 0 rings (SSSR count). The summed E-state index contributed by atoms with van der Waals surface area (Å²) in [5, 5.41) is 0. The van der Waals surface area contributed by atoms with Crippen LogP contribution < -0.4 is 0 Å². The Labute approximate surface area is 96.0 Å². The van der Waals surface area contributed by atoms with Gasteiger partial charge in [-0.25, -0.2) is 0 Å². The Morgan fingerprint density at radius 1 is 1.00 bits per heavy atom. The molecule has 0 aromatic heterocycles. The van der Waals surface area contributed by atoms with Crippen molar-refractivity contribution in [3.63, 3.8) is 0 Å². The van der Waals surface area contributed by atoms with E-state index in [1.165, 1.54) is 0 Å². The highest BCUT2D eigenvalue weighted by atomic mass is 16.5. The van der Waals surface area contributed by atoms with Crippen molar-refractivity contribution in [1.82, 2.24) is 0 Å². The molecule has 1 radical (unpaired) electrons. The minimum Gasteiger partial charge on any atom is -0.379 e. The van der Waals surface area contributed by atoms with Crippen molar-refractivity contribution in [1.29, 1.82) is 0 Å². The first-order valence-electron chi connectivity index (χ1n) is 5.80. The first kappa shape index (κ1) is 15.0. The van der Waals surface area contributed by atoms with E-state index in [0.29, 0.717) is 0 Å². The Balaban J connectivity index is 3.74. The lowest BCUT2D eigenvalue weighted by Crippen LogP contribution is -2.30. The Morgan fingerprint density at radius 3 is 2.07 bits per heavy atom. The maximum atomic E-state index is 5.87. The zero-order valence-corrected chi connectivity index (χ0v) is 11.2. The highest BCUT2D eigenvalue weighted by Crippen LogP contribution is 2.20. The van der Waals surface area contributed by atoms with Crippen molar-refractivity contribution in [2.45, 2.75) is 64.9 Å². The number of hydrogen-bond acceptors (Lipinski definition) is 2. The van der Waals surface area contributed by atoms with Crippen LogP contribution in [0.5, 0.6) is 0 Å². The van der Waals surface area contributed by atoms with Gasteiger partial charge in [0.05, 0.1) is 17.8 Å². The summed E-state index contributed by atoms with van der Waals surface area (Å²) in [6.45, 7) is 11.3. The molecule has 0 saturated heterocycles. The SMILES string of the molecule is C[B]CCC(C)(C)OCCC(C)(C)OC. The van der Waals surface area contributed by atoms with Crippen LogP contribution in [0, 0.1) is 0 Å². The van der Waals surface area contributed by atoms with Gasteiger partial charge in [-0.3, -0.25) is 0 Å². The first-order chi connectivity index (χ1) is 6.83. The van der Waals surface area contributed by atoms with E-state index in [4.69, 9.17) is 9.47 Å². The third-order valence-electron chi connectivity index (χ3n) is 2.78. The second-order valence-electron chi connectivity index (χ2n) is 5.27. The van der Waals surface area contributed by atoms with Crippen LogP contribution in [-0.2, 0) is 9.47 Å². The first-order valence-corrected chi connectivity index (χ1v) is 5.80. The smallest absolute Gasteiger partial charge is 0.105 e. The fraction of sp³-hybridized carbons (Fsp3) is 1.00. The van der Waals surface area contributed by atoms with Crippen molar-refractivity contribution >= 4 is 7.28 Å². The lowest BCUT2D eigenvalue weighted by Gasteiger charge is -2.28. The summed E-state index contributed by atoms with van der Waals surface area (Å²) >= 11 is 0. The second kappa shape index (κ2) is 6.54. The summed E-state index contributed by atoms with van der Waals surface area (Å²) < 4.78 is 11.2. The van der Waals surface area contributed by atoms with Crippen LogP contribution in [0.1, 0.15) is 40.5 Å². The topological polar surface area (TPSA) is 18.5 Å². The molecule has 0 heterocycles. The number of ether oxygens (including phenoxy) is 2. The largest absolute Gasteiger partial charge is 0.379 e. The molecule has 0 aliphatic heterocycles. The van der Waals surface area contributed by atoms with Gasteiger partial charge in [0.2, 0.25) is 0 Å². The van der Waals surface area contributed by atoms with Crippen molar-refractivity contribution in [2.75, 3.05) is 13.7 Å². The summed E-state index contributed by atoms with van der Waals surface area (Å²) in [6.07, 6.45) is 3.13. The number of hydrogen-bond donors (Lipinski definition) is 0. The van der Waals surface area contributed by atoms with Gasteiger partial charge >= 0.3 is 0 Å². The normalized spacial score (nSPS) is 12.9. The lowest BCUT2D eigenvalue weighted by molar-refractivity contribution is -0.0591. The van der Waals surface area contributed by atoms with E-state index >= 15 is 0 Å². The third-order valence-corrected chi connectivity index (χ3v) is 2.78. The van der Waals surface area contributed by atoms with Crippen molar-refractivity contribution < 1.29 is 9.47 Å². The molecule has 0 amide bonds. The summed E-state index contributed by atoms with van der Waals surface area (Å²) in [5.74, 6) is 0. The summed E-state index contributed by atoms with van der Waals surface area (Å²) in [5.41, 5.74) is -0.0940. The molecule has 0 saturated carbocycles. The molecule has 0 N–H and O–H groups in total. The molecule has 15 heavy (non-hydrogen) atoms. The molecule has 0 bridgehead atoms. The molecule has 89 valence electrons. The molecule has 0 aliphatic rings. The fourth-order valence-corrected chi connectivity index (χ4v) is 1.24. The van der Waals surface area contributed by atoms with Crippen LogP contribution in [0.15, 0.2) is 0 Å². The van der Waals surface area contributed by atoms with Crippen molar-refractivity contribution in [3.05, 3.63) is 0 Å². The van der Waals surface area contributed by atoms with E-state index in [1.807, 2.05) is 0 Å². The number of rotatable bonds is 8. The van der Waals surface area contributed by atoms with E-state index in [0.717, 1.165) is 25.8 Å². The molecule has 2 nitrogen and oxygen atoms in total. The number of methoxy groups -OCH3 is 1. The minimum absolute atomic E-state index is 0.0175. The van der Waals surface area contributed by atoms with Gasteiger partial charge < -0.3 is 9.47 Å². The van der Waals surface area contributed by atoms with Crippen molar-refractivity contribution in [2.24, 2.45) is 0 Å². The van der Waals surface area contributed by atoms with Crippen LogP contribution in [0.25, 0.3) is 0 Å². The second-order valence-corrected chi connectivity index (χ2v) is 5.27. The van der Waals surface area contributed by atoms with Gasteiger partial charge in [-0.15, -0.1) is 0 Å². The fourth-order valence-electron chi connectivity index (χ4n) is 1.24. The van der Waals surface area contributed by atoms with Gasteiger partial charge in [-0.05, 0) is 40.5 Å². The van der Waals surface area contributed by atoms with Gasteiger partial charge in [0.15, 0.2) is 0 Å². The van der Waals surface area contributed by atoms with Gasteiger partial charge in [0.25, 0.3) is 0 Å². The maximum absolute atomic E-state index is 5.87. The van der Waals surface area contributed by atoms with Gasteiger partial charge in [0.1, 0.15) is 7.28 Å². The van der Waals surface area contributed by atoms with Crippen molar-refractivity contribution in [3.8, 4) is 0 Å². The Kier molecular flexibility index (Phi) is 6.54. The predicted octanol–water partition coefficient (Wildman–Crippen LogP) is 3.16. The molecular weight excluding hydrogens is 187 g/mol. The summed E-state index contributed by atoms with van der Waals surface area (Å²) in [4.78, 5) is 0. The quantitative estimate of drug-likeness (QED) is 0.576. The van der Waals surface area contributed by atoms with E-state index < -0.39 is 0 Å². The monoisotopic (exact) mass is 213 g/mol. The zero-order chi connectivity index (χ0) is 11.9. The van der Waals surface area contributed by atoms with Gasteiger partial charge in [0, 0.05) is 7.11 Å². The molecule has 0 aromatic rings. The summed E-state index contributed by atoms with van der Waals surface area (Å²) in [6, 6.07) is 0. The maximum Gasteiger partial charge on any atom is 0.105 e. The molecule has 0 unspecified atom stereocenters. The van der Waals surface area contributed by atoms with Crippen LogP contribution >= 0.6 is 0 Å². The predicted molar refractivity (Wildman–Crippen MR) is 66.8 cm³/mol. The molecule has 0 spiro atoms. The van der Waals surface area contributed by atoms with Gasteiger partial charge in [-0.2, -0.15) is 0 Å². The van der Waals surface area contributed by atoms with Crippen LogP contribution in [0.3, 0.4) is 0 Å². The lowest BCUT2D eigenvalue weighted by atomic mass is 9.74. The van der Waals surface area contributed by atoms with E-state index in [9.17, 15) is 0 Å². The average molecular weight is 213 g/mol. The molecule has 0 aromatic carbocycles. The molecular formula is C12H26BO2. The third kappa shape index (κ3) is 7.86. The highest BCUT2D eigenvalue weighted by molar-refractivity contribution is 6.33. The standard InChI is InChI=1S/C12H26BO2/c1-11(2,14-6)8-10-15-12(3,4)7-9-13-5/h7-10H2,1-6H3. The zero-order valence-electron chi connectivity index (χ0n) is 11.2. The van der Waals surface area contributed by atoms with Crippen LogP contribution in [0.4, 0.5) is 0 Å². The molecule has 0 fully saturated rings.